The first-order valence-electron chi connectivity index (χ1n) is 8.24. The monoisotopic (exact) mass is 330 g/mol. The molecule has 0 unspecified atom stereocenters. The van der Waals surface area contributed by atoms with E-state index in [4.69, 9.17) is 14.2 Å². The molecule has 1 N–H and O–H groups in total. The van der Waals surface area contributed by atoms with Crippen molar-refractivity contribution in [3.8, 4) is 17.6 Å². The standard InChI is InChI=1S/C18H22N2O4/c1-22-15-3-2-14-8-13(11-24-16(14)9-15)10-20-17(21)18(12-19)4-6-23-7-5-18/h2-3,9,13H,4-8,10-11H2,1H3,(H,20,21)/t13-/m0/s1. The number of amides is 1. The van der Waals surface area contributed by atoms with Gasteiger partial charge in [0, 0.05) is 31.7 Å². The van der Waals surface area contributed by atoms with Gasteiger partial charge in [-0.3, -0.25) is 4.79 Å². The van der Waals surface area contributed by atoms with E-state index in [0.717, 1.165) is 23.5 Å². The molecule has 0 bridgehead atoms. The van der Waals surface area contributed by atoms with Crippen molar-refractivity contribution in [3.05, 3.63) is 23.8 Å². The van der Waals surface area contributed by atoms with Crippen LogP contribution in [0, 0.1) is 22.7 Å². The molecule has 1 aromatic carbocycles. The Kier molecular flexibility index (Phi) is 4.91. The molecule has 2 heterocycles. The van der Waals surface area contributed by atoms with Gasteiger partial charge in [0.1, 0.15) is 16.9 Å². The second-order valence-corrected chi connectivity index (χ2v) is 6.37. The Morgan fingerprint density at radius 1 is 1.46 bits per heavy atom. The van der Waals surface area contributed by atoms with Crippen molar-refractivity contribution in [1.29, 1.82) is 5.26 Å². The highest BCUT2D eigenvalue weighted by Gasteiger charge is 2.40. The highest BCUT2D eigenvalue weighted by atomic mass is 16.5. The maximum absolute atomic E-state index is 12.5. The van der Waals surface area contributed by atoms with E-state index < -0.39 is 5.41 Å². The van der Waals surface area contributed by atoms with Crippen molar-refractivity contribution in [3.63, 3.8) is 0 Å². The van der Waals surface area contributed by atoms with Crippen molar-refractivity contribution in [2.24, 2.45) is 11.3 Å². The van der Waals surface area contributed by atoms with E-state index in [9.17, 15) is 10.1 Å². The van der Waals surface area contributed by atoms with E-state index in [0.29, 0.717) is 39.2 Å². The van der Waals surface area contributed by atoms with Crippen LogP contribution in [0.5, 0.6) is 11.5 Å². The molecule has 0 radical (unpaired) electrons. The molecule has 0 aliphatic carbocycles. The van der Waals surface area contributed by atoms with Gasteiger partial charge in [-0.1, -0.05) is 6.07 Å². The summed E-state index contributed by atoms with van der Waals surface area (Å²) < 4.78 is 16.3. The molecule has 6 heteroatoms. The maximum Gasteiger partial charge on any atom is 0.240 e. The van der Waals surface area contributed by atoms with Gasteiger partial charge in [0.15, 0.2) is 0 Å². The van der Waals surface area contributed by atoms with Crippen LogP contribution < -0.4 is 14.8 Å². The number of hydrogen-bond donors (Lipinski definition) is 1. The quantitative estimate of drug-likeness (QED) is 0.908. The number of ether oxygens (including phenoxy) is 3. The van der Waals surface area contributed by atoms with Crippen LogP contribution in [0.15, 0.2) is 18.2 Å². The normalized spacial score (nSPS) is 21.8. The first-order valence-corrected chi connectivity index (χ1v) is 8.24. The van der Waals surface area contributed by atoms with Gasteiger partial charge >= 0.3 is 0 Å². The average Bonchev–Trinajstić information content (AvgIpc) is 2.65. The van der Waals surface area contributed by atoms with Crippen LogP contribution in [0.3, 0.4) is 0 Å². The highest BCUT2D eigenvalue weighted by molar-refractivity contribution is 5.85. The number of fused-ring (bicyclic) bond motifs is 1. The number of hydrogen-bond acceptors (Lipinski definition) is 5. The predicted octanol–water partition coefficient (Wildman–Crippen LogP) is 1.68. The summed E-state index contributed by atoms with van der Waals surface area (Å²) in [6.07, 6.45) is 1.75. The van der Waals surface area contributed by atoms with Crippen LogP contribution in [0.1, 0.15) is 18.4 Å². The highest BCUT2D eigenvalue weighted by Crippen LogP contribution is 2.32. The van der Waals surface area contributed by atoms with E-state index in [1.807, 2.05) is 18.2 Å². The van der Waals surface area contributed by atoms with Crippen LogP contribution in [-0.4, -0.2) is 39.4 Å². The number of nitrogens with zero attached hydrogens (tertiary/aromatic N) is 1. The molecule has 6 nitrogen and oxygen atoms in total. The Bertz CT molecular complexity index is 647. The fourth-order valence-electron chi connectivity index (χ4n) is 3.19. The smallest absolute Gasteiger partial charge is 0.240 e. The second-order valence-electron chi connectivity index (χ2n) is 6.37. The van der Waals surface area contributed by atoms with Crippen LogP contribution in [0.25, 0.3) is 0 Å². The molecule has 24 heavy (non-hydrogen) atoms. The summed E-state index contributed by atoms with van der Waals surface area (Å²) in [5.41, 5.74) is 0.168. The fraction of sp³-hybridized carbons (Fsp3) is 0.556. The third-order valence-electron chi connectivity index (χ3n) is 4.80. The van der Waals surface area contributed by atoms with Gasteiger partial charge in [-0.2, -0.15) is 5.26 Å². The van der Waals surface area contributed by atoms with E-state index in [1.54, 1.807) is 7.11 Å². The Balaban J connectivity index is 1.57. The lowest BCUT2D eigenvalue weighted by atomic mass is 9.80. The van der Waals surface area contributed by atoms with Gasteiger partial charge in [-0.25, -0.2) is 0 Å². The fourth-order valence-corrected chi connectivity index (χ4v) is 3.19. The minimum Gasteiger partial charge on any atom is -0.497 e. The summed E-state index contributed by atoms with van der Waals surface area (Å²) in [7, 11) is 1.63. The number of methoxy groups -OCH3 is 1. The Morgan fingerprint density at radius 3 is 2.96 bits per heavy atom. The molecule has 1 amide bonds. The number of benzene rings is 1. The average molecular weight is 330 g/mol. The van der Waals surface area contributed by atoms with E-state index >= 15 is 0 Å². The lowest BCUT2D eigenvalue weighted by Crippen LogP contribution is -2.46. The molecule has 2 aliphatic rings. The molecule has 0 aromatic heterocycles. The van der Waals surface area contributed by atoms with Gasteiger partial charge in [0.25, 0.3) is 0 Å². The van der Waals surface area contributed by atoms with Crippen LogP contribution in [-0.2, 0) is 16.0 Å². The third-order valence-corrected chi connectivity index (χ3v) is 4.80. The molecular weight excluding hydrogens is 308 g/mol. The molecule has 128 valence electrons. The minimum absolute atomic E-state index is 0.186. The van der Waals surface area contributed by atoms with Gasteiger partial charge in [-0.05, 0) is 30.9 Å². The second kappa shape index (κ2) is 7.10. The predicted molar refractivity (Wildman–Crippen MR) is 86.8 cm³/mol. The largest absolute Gasteiger partial charge is 0.497 e. The zero-order valence-corrected chi connectivity index (χ0v) is 13.8. The summed E-state index contributed by atoms with van der Waals surface area (Å²) in [4.78, 5) is 12.5. The summed E-state index contributed by atoms with van der Waals surface area (Å²) in [5.74, 6) is 1.63. The molecule has 3 rings (SSSR count). The zero-order valence-electron chi connectivity index (χ0n) is 13.8. The zero-order chi connectivity index (χ0) is 17.0. The molecule has 1 atom stereocenters. The Labute approximate surface area is 141 Å². The minimum atomic E-state index is -0.945. The van der Waals surface area contributed by atoms with Gasteiger partial charge in [-0.15, -0.1) is 0 Å². The number of nitrogens with one attached hydrogen (secondary N) is 1. The molecule has 1 fully saturated rings. The van der Waals surface area contributed by atoms with E-state index in [1.165, 1.54) is 0 Å². The van der Waals surface area contributed by atoms with Gasteiger partial charge in [0.2, 0.25) is 5.91 Å². The Morgan fingerprint density at radius 2 is 2.25 bits per heavy atom. The van der Waals surface area contributed by atoms with Crippen molar-refractivity contribution < 1.29 is 19.0 Å². The maximum atomic E-state index is 12.5. The topological polar surface area (TPSA) is 80.6 Å². The number of rotatable bonds is 4. The first-order chi connectivity index (χ1) is 11.7. The molecule has 0 saturated carbocycles. The number of carbonyl (C=O) groups is 1. The van der Waals surface area contributed by atoms with Crippen LogP contribution in [0.4, 0.5) is 0 Å². The number of nitriles is 1. The van der Waals surface area contributed by atoms with E-state index in [2.05, 4.69) is 11.4 Å². The first kappa shape index (κ1) is 16.6. The lowest BCUT2D eigenvalue weighted by molar-refractivity contribution is -0.132. The Hall–Kier alpha value is -2.26. The summed E-state index contributed by atoms with van der Waals surface area (Å²) in [5, 5.41) is 12.4. The summed E-state index contributed by atoms with van der Waals surface area (Å²) in [6, 6.07) is 7.99. The van der Waals surface area contributed by atoms with Crippen molar-refractivity contribution in [1.82, 2.24) is 5.32 Å². The lowest BCUT2D eigenvalue weighted by Gasteiger charge is -2.31. The molecule has 2 aliphatic heterocycles. The van der Waals surface area contributed by atoms with Crippen molar-refractivity contribution in [2.45, 2.75) is 19.3 Å². The SMILES string of the molecule is COc1ccc2c(c1)OC[C@H](CNC(=O)C1(C#N)CCOCC1)C2. The molecule has 0 spiro atoms. The van der Waals surface area contributed by atoms with Crippen LogP contribution in [0.2, 0.25) is 0 Å². The van der Waals surface area contributed by atoms with Crippen molar-refractivity contribution in [2.75, 3.05) is 33.5 Å². The summed E-state index contributed by atoms with van der Waals surface area (Å²) in [6.45, 7) is 1.98. The van der Waals surface area contributed by atoms with Gasteiger partial charge in [0.05, 0.1) is 19.8 Å². The molecular formula is C18H22N2O4. The summed E-state index contributed by atoms with van der Waals surface area (Å²) >= 11 is 0. The third kappa shape index (κ3) is 3.31. The van der Waals surface area contributed by atoms with Crippen LogP contribution >= 0.6 is 0 Å². The van der Waals surface area contributed by atoms with Crippen molar-refractivity contribution >= 4 is 5.91 Å². The number of carbonyl (C=O) groups excluding carboxylic acids is 1. The molecule has 1 saturated heterocycles. The van der Waals surface area contributed by atoms with E-state index in [-0.39, 0.29) is 11.8 Å². The van der Waals surface area contributed by atoms with Gasteiger partial charge < -0.3 is 19.5 Å². The molecule has 1 aromatic rings.